The van der Waals surface area contributed by atoms with Gasteiger partial charge in [0, 0.05) is 37.2 Å². The first-order valence-corrected chi connectivity index (χ1v) is 9.80. The highest BCUT2D eigenvalue weighted by molar-refractivity contribution is 14.1. The van der Waals surface area contributed by atoms with Gasteiger partial charge in [0.2, 0.25) is 0 Å². The first-order valence-electron chi connectivity index (χ1n) is 8.27. The number of nitrogens with zero attached hydrogens (tertiary/aromatic N) is 5. The molecule has 0 amide bonds. The van der Waals surface area contributed by atoms with Crippen molar-refractivity contribution in [3.05, 3.63) is 0 Å². The van der Waals surface area contributed by atoms with E-state index >= 15 is 0 Å². The standard InChI is InChI=1S/C15H32IN5/c1-17(2)9-10-20-13-19(8-5-16)14-21(15-20)12-11-18-6-3-4-7-18/h3-15H2,1-2H3. The molecule has 5 nitrogen and oxygen atoms in total. The van der Waals surface area contributed by atoms with Crippen molar-refractivity contribution >= 4 is 22.6 Å². The molecule has 0 bridgehead atoms. The molecule has 0 radical (unpaired) electrons. The Balaban J connectivity index is 1.77. The van der Waals surface area contributed by atoms with E-state index in [-0.39, 0.29) is 0 Å². The highest BCUT2D eigenvalue weighted by Crippen LogP contribution is 2.10. The molecule has 0 aromatic carbocycles. The zero-order valence-electron chi connectivity index (χ0n) is 13.8. The maximum absolute atomic E-state index is 2.63. The molecule has 124 valence electrons. The van der Waals surface area contributed by atoms with E-state index in [1.54, 1.807) is 0 Å². The van der Waals surface area contributed by atoms with Gasteiger partial charge in [0.25, 0.3) is 0 Å². The van der Waals surface area contributed by atoms with Crippen molar-refractivity contribution in [3.8, 4) is 0 Å². The van der Waals surface area contributed by atoms with Crippen LogP contribution >= 0.6 is 22.6 Å². The lowest BCUT2D eigenvalue weighted by molar-refractivity contribution is -0.0303. The van der Waals surface area contributed by atoms with Gasteiger partial charge in [0.05, 0.1) is 20.0 Å². The van der Waals surface area contributed by atoms with Gasteiger partial charge in [-0.2, -0.15) is 0 Å². The predicted molar refractivity (Wildman–Crippen MR) is 97.8 cm³/mol. The molecule has 2 rings (SSSR count). The molecule has 0 spiro atoms. The molecule has 2 saturated heterocycles. The van der Waals surface area contributed by atoms with E-state index in [2.05, 4.69) is 61.2 Å². The Morgan fingerprint density at radius 1 is 0.762 bits per heavy atom. The van der Waals surface area contributed by atoms with Crippen LogP contribution in [0.1, 0.15) is 12.8 Å². The maximum Gasteiger partial charge on any atom is 0.0531 e. The highest BCUT2D eigenvalue weighted by Gasteiger charge is 2.23. The Hall–Kier alpha value is 0.530. The molecule has 21 heavy (non-hydrogen) atoms. The molecule has 6 heteroatoms. The third kappa shape index (κ3) is 6.66. The minimum atomic E-state index is 1.14. The summed E-state index contributed by atoms with van der Waals surface area (Å²) in [7, 11) is 4.33. The van der Waals surface area contributed by atoms with E-state index in [4.69, 9.17) is 0 Å². The van der Waals surface area contributed by atoms with Crippen molar-refractivity contribution in [2.24, 2.45) is 0 Å². The summed E-state index contributed by atoms with van der Waals surface area (Å²) < 4.78 is 1.22. The average molecular weight is 409 g/mol. The lowest BCUT2D eigenvalue weighted by Gasteiger charge is -2.43. The summed E-state index contributed by atoms with van der Waals surface area (Å²) in [6.45, 7) is 12.1. The van der Waals surface area contributed by atoms with E-state index in [9.17, 15) is 0 Å². The second kappa shape index (κ2) is 9.62. The quantitative estimate of drug-likeness (QED) is 0.436. The van der Waals surface area contributed by atoms with Crippen molar-refractivity contribution in [1.29, 1.82) is 0 Å². The monoisotopic (exact) mass is 409 g/mol. The van der Waals surface area contributed by atoms with Crippen molar-refractivity contribution in [3.63, 3.8) is 0 Å². The molecule has 2 fully saturated rings. The van der Waals surface area contributed by atoms with E-state index < -0.39 is 0 Å². The van der Waals surface area contributed by atoms with Crippen LogP contribution in [-0.4, -0.2) is 109 Å². The number of halogens is 1. The Morgan fingerprint density at radius 2 is 1.29 bits per heavy atom. The molecule has 2 aliphatic heterocycles. The molecule has 2 heterocycles. The molecule has 0 N–H and O–H groups in total. The van der Waals surface area contributed by atoms with Crippen molar-refractivity contribution < 1.29 is 0 Å². The van der Waals surface area contributed by atoms with Crippen LogP contribution in [-0.2, 0) is 0 Å². The van der Waals surface area contributed by atoms with Gasteiger partial charge in [-0.1, -0.05) is 22.6 Å². The number of rotatable bonds is 8. The Labute approximate surface area is 144 Å². The lowest BCUT2D eigenvalue weighted by Crippen LogP contribution is -2.57. The molecule has 0 atom stereocenters. The predicted octanol–water partition coefficient (Wildman–Crippen LogP) is 0.871. The molecule has 0 unspecified atom stereocenters. The van der Waals surface area contributed by atoms with Crippen molar-refractivity contribution in [1.82, 2.24) is 24.5 Å². The summed E-state index contributed by atoms with van der Waals surface area (Å²) in [5.41, 5.74) is 0. The Kier molecular flexibility index (Phi) is 8.19. The summed E-state index contributed by atoms with van der Waals surface area (Å²) in [5, 5.41) is 0. The normalized spacial score (nSPS) is 23.4. The number of likely N-dealkylation sites (tertiary alicyclic amines) is 1. The van der Waals surface area contributed by atoms with Crippen LogP contribution in [0, 0.1) is 0 Å². The van der Waals surface area contributed by atoms with Gasteiger partial charge in [-0.05, 0) is 40.0 Å². The van der Waals surface area contributed by atoms with Crippen LogP contribution in [0.25, 0.3) is 0 Å². The van der Waals surface area contributed by atoms with Crippen LogP contribution in [0.3, 0.4) is 0 Å². The van der Waals surface area contributed by atoms with E-state index in [1.807, 2.05) is 0 Å². The van der Waals surface area contributed by atoms with Gasteiger partial charge in [-0.25, -0.2) is 0 Å². The summed E-state index contributed by atoms with van der Waals surface area (Å²) in [6, 6.07) is 0. The van der Waals surface area contributed by atoms with Crippen LogP contribution < -0.4 is 0 Å². The smallest absolute Gasteiger partial charge is 0.0531 e. The average Bonchev–Trinajstić information content (AvgIpc) is 2.96. The van der Waals surface area contributed by atoms with Crippen molar-refractivity contribution in [2.75, 3.05) is 84.3 Å². The fourth-order valence-corrected chi connectivity index (χ4v) is 3.84. The van der Waals surface area contributed by atoms with Crippen LogP contribution in [0.2, 0.25) is 0 Å². The largest absolute Gasteiger partial charge is 0.308 e. The fourth-order valence-electron chi connectivity index (χ4n) is 3.16. The molecule has 0 aliphatic carbocycles. The maximum atomic E-state index is 2.63. The zero-order chi connectivity index (χ0) is 15.1. The van der Waals surface area contributed by atoms with Crippen LogP contribution in [0.4, 0.5) is 0 Å². The number of hydrogen-bond acceptors (Lipinski definition) is 5. The van der Waals surface area contributed by atoms with E-state index in [1.165, 1.54) is 56.5 Å². The molecule has 0 aromatic rings. The summed E-state index contributed by atoms with van der Waals surface area (Å²) in [5.74, 6) is 0. The molecule has 0 aromatic heterocycles. The van der Waals surface area contributed by atoms with Gasteiger partial charge < -0.3 is 9.80 Å². The van der Waals surface area contributed by atoms with Gasteiger partial charge in [-0.15, -0.1) is 0 Å². The zero-order valence-corrected chi connectivity index (χ0v) is 16.0. The summed E-state index contributed by atoms with van der Waals surface area (Å²) >= 11 is 2.49. The van der Waals surface area contributed by atoms with Crippen LogP contribution in [0.5, 0.6) is 0 Å². The second-order valence-electron chi connectivity index (χ2n) is 6.65. The van der Waals surface area contributed by atoms with Gasteiger partial charge in [0.1, 0.15) is 0 Å². The van der Waals surface area contributed by atoms with E-state index in [0.29, 0.717) is 0 Å². The van der Waals surface area contributed by atoms with Gasteiger partial charge in [0.15, 0.2) is 0 Å². The molecule has 0 saturated carbocycles. The minimum Gasteiger partial charge on any atom is -0.308 e. The summed E-state index contributed by atoms with van der Waals surface area (Å²) in [4.78, 5) is 12.7. The molecule has 2 aliphatic rings. The highest BCUT2D eigenvalue weighted by atomic mass is 127. The lowest BCUT2D eigenvalue weighted by atomic mass is 10.4. The molecular formula is C15H32IN5. The third-order valence-corrected chi connectivity index (χ3v) is 4.88. The second-order valence-corrected chi connectivity index (χ2v) is 7.73. The minimum absolute atomic E-state index is 1.14. The topological polar surface area (TPSA) is 16.2 Å². The number of likely N-dealkylation sites (N-methyl/N-ethyl adjacent to an activating group) is 1. The first-order chi connectivity index (χ1) is 10.2. The van der Waals surface area contributed by atoms with Crippen molar-refractivity contribution in [2.45, 2.75) is 12.8 Å². The third-order valence-electron chi connectivity index (χ3n) is 4.40. The Bertz CT molecular complexity index is 283. The van der Waals surface area contributed by atoms with E-state index in [0.717, 1.165) is 26.6 Å². The SMILES string of the molecule is CN(C)CCN1CN(CCI)CN(CCN2CCCC2)C1. The number of hydrogen-bond donors (Lipinski definition) is 0. The van der Waals surface area contributed by atoms with Crippen LogP contribution in [0.15, 0.2) is 0 Å². The van der Waals surface area contributed by atoms with Gasteiger partial charge >= 0.3 is 0 Å². The summed E-state index contributed by atoms with van der Waals surface area (Å²) in [6.07, 6.45) is 2.80. The molecular weight excluding hydrogens is 377 g/mol. The Morgan fingerprint density at radius 3 is 1.86 bits per heavy atom. The van der Waals surface area contributed by atoms with Gasteiger partial charge in [-0.3, -0.25) is 14.7 Å². The first kappa shape index (κ1) is 17.9. The number of alkyl halides is 1. The fraction of sp³-hybridized carbons (Fsp3) is 1.00.